The van der Waals surface area contributed by atoms with Gasteiger partial charge in [-0.15, -0.1) is 0 Å². The van der Waals surface area contributed by atoms with Crippen LogP contribution in [0, 0.1) is 0 Å². The van der Waals surface area contributed by atoms with Gasteiger partial charge in [-0.05, 0) is 0 Å². The molecule has 0 radical (unpaired) electrons. The van der Waals surface area contributed by atoms with Gasteiger partial charge >= 0.3 is 54.9 Å². The maximum atomic E-state index is 10.6. The van der Waals surface area contributed by atoms with Crippen molar-refractivity contribution in [2.24, 2.45) is 0 Å². The SMILES string of the molecule is O=C1C=CC=CC1=[Se]. The third-order valence-electron chi connectivity index (χ3n) is 0.849. The molecule has 0 heterocycles. The maximum absolute atomic E-state index is 10.6. The van der Waals surface area contributed by atoms with Crippen LogP contribution in [0.4, 0.5) is 0 Å². The van der Waals surface area contributed by atoms with E-state index in [1.54, 1.807) is 12.2 Å². The van der Waals surface area contributed by atoms with Crippen LogP contribution in [0.3, 0.4) is 0 Å². The molecule has 0 saturated carbocycles. The molecule has 0 aromatic heterocycles. The Labute approximate surface area is 55.4 Å². The third-order valence-corrected chi connectivity index (χ3v) is 1.56. The zero-order chi connectivity index (χ0) is 5.98. The first kappa shape index (κ1) is 5.67. The molecule has 2 heteroatoms. The standard InChI is InChI=1S/C6H4OSe/c7-5-3-1-2-4-6(5)8/h1-4H. The van der Waals surface area contributed by atoms with E-state index in [9.17, 15) is 4.79 Å². The number of hydrogen-bond donors (Lipinski definition) is 0. The van der Waals surface area contributed by atoms with Gasteiger partial charge in [0, 0.05) is 0 Å². The molecule has 0 bridgehead atoms. The van der Waals surface area contributed by atoms with Crippen LogP contribution >= 0.6 is 0 Å². The zero-order valence-corrected chi connectivity index (χ0v) is 5.84. The van der Waals surface area contributed by atoms with Gasteiger partial charge in [-0.1, -0.05) is 0 Å². The monoisotopic (exact) mass is 172 g/mol. The Kier molecular flexibility index (Phi) is 1.56. The Morgan fingerprint density at radius 2 is 1.88 bits per heavy atom. The third kappa shape index (κ3) is 1.03. The van der Waals surface area contributed by atoms with E-state index in [4.69, 9.17) is 0 Å². The van der Waals surface area contributed by atoms with E-state index in [2.05, 4.69) is 15.6 Å². The van der Waals surface area contributed by atoms with E-state index in [1.165, 1.54) is 6.08 Å². The average Bonchev–Trinajstić information content (AvgIpc) is 1.77. The minimum absolute atomic E-state index is 0.0625. The Morgan fingerprint density at radius 1 is 1.25 bits per heavy atom. The second-order valence-corrected chi connectivity index (χ2v) is 2.37. The molecule has 1 aliphatic carbocycles. The molecule has 1 nitrogen and oxygen atoms in total. The molecule has 1 rings (SSSR count). The van der Waals surface area contributed by atoms with Crippen LogP contribution in [0.2, 0.25) is 0 Å². The van der Waals surface area contributed by atoms with Crippen LogP contribution in [-0.4, -0.2) is 25.8 Å². The van der Waals surface area contributed by atoms with E-state index < -0.39 is 0 Å². The predicted octanol–water partition coefficient (Wildman–Crippen LogP) is 0.0224. The fourth-order valence-electron chi connectivity index (χ4n) is 0.450. The number of hydrogen-bond acceptors (Lipinski definition) is 1. The molecule has 0 aliphatic heterocycles. The summed E-state index contributed by atoms with van der Waals surface area (Å²) in [5.74, 6) is 0.0625. The molecular weight excluding hydrogens is 167 g/mol. The van der Waals surface area contributed by atoms with Crippen LogP contribution < -0.4 is 0 Å². The van der Waals surface area contributed by atoms with Crippen molar-refractivity contribution in [2.45, 2.75) is 0 Å². The summed E-state index contributed by atoms with van der Waals surface area (Å²) in [6.07, 6.45) is 6.84. The molecule has 0 N–H and O–H groups in total. The Bertz CT molecular complexity index is 167. The number of rotatable bonds is 0. The number of carbonyl (C=O) groups is 1. The van der Waals surface area contributed by atoms with Gasteiger partial charge in [0.25, 0.3) is 0 Å². The number of allylic oxidation sites excluding steroid dienone is 4. The van der Waals surface area contributed by atoms with Gasteiger partial charge in [0.05, 0.1) is 0 Å². The van der Waals surface area contributed by atoms with Gasteiger partial charge in [-0.3, -0.25) is 0 Å². The summed E-state index contributed by atoms with van der Waals surface area (Å²) in [4.78, 5) is 10.6. The van der Waals surface area contributed by atoms with Crippen LogP contribution in [-0.2, 0) is 4.79 Å². The second kappa shape index (κ2) is 2.21. The van der Waals surface area contributed by atoms with Gasteiger partial charge in [-0.25, -0.2) is 0 Å². The van der Waals surface area contributed by atoms with E-state index >= 15 is 0 Å². The molecule has 0 fully saturated rings. The summed E-state index contributed by atoms with van der Waals surface area (Å²) in [5, 5.41) is 0. The topological polar surface area (TPSA) is 17.1 Å². The van der Waals surface area contributed by atoms with Crippen LogP contribution in [0.5, 0.6) is 0 Å². The van der Waals surface area contributed by atoms with E-state index in [-0.39, 0.29) is 5.78 Å². The minimum atomic E-state index is 0.0625. The summed E-state index contributed by atoms with van der Waals surface area (Å²) >= 11 is 2.66. The molecule has 0 amide bonds. The van der Waals surface area contributed by atoms with Gasteiger partial charge in [0.15, 0.2) is 0 Å². The van der Waals surface area contributed by atoms with E-state index in [1.807, 2.05) is 6.08 Å². The van der Waals surface area contributed by atoms with Crippen molar-refractivity contribution in [3.05, 3.63) is 24.3 Å². The summed E-state index contributed by atoms with van der Waals surface area (Å²) < 4.78 is 0.688. The molecule has 0 aromatic carbocycles. The predicted molar refractivity (Wildman–Crippen MR) is 34.0 cm³/mol. The first-order chi connectivity index (χ1) is 3.80. The van der Waals surface area contributed by atoms with Crippen LogP contribution in [0.1, 0.15) is 0 Å². The van der Waals surface area contributed by atoms with Gasteiger partial charge in [-0.2, -0.15) is 0 Å². The first-order valence-corrected chi connectivity index (χ1v) is 3.09. The zero-order valence-electron chi connectivity index (χ0n) is 4.13. The number of ketones is 1. The summed E-state index contributed by atoms with van der Waals surface area (Å²) in [6.45, 7) is 0. The van der Waals surface area contributed by atoms with Crippen LogP contribution in [0.25, 0.3) is 0 Å². The quantitative estimate of drug-likeness (QED) is 0.469. The molecule has 0 spiro atoms. The van der Waals surface area contributed by atoms with Crippen LogP contribution in [0.15, 0.2) is 24.3 Å². The molecule has 8 heavy (non-hydrogen) atoms. The van der Waals surface area contributed by atoms with Crippen molar-refractivity contribution in [1.82, 2.24) is 0 Å². The van der Waals surface area contributed by atoms with Crippen molar-refractivity contribution in [1.29, 1.82) is 0 Å². The van der Waals surface area contributed by atoms with Crippen molar-refractivity contribution in [2.75, 3.05) is 0 Å². The average molecular weight is 171 g/mol. The van der Waals surface area contributed by atoms with Crippen molar-refractivity contribution in [3.63, 3.8) is 0 Å². The first-order valence-electron chi connectivity index (χ1n) is 2.24. The fourth-order valence-corrected chi connectivity index (χ4v) is 0.758. The van der Waals surface area contributed by atoms with Crippen molar-refractivity contribution < 1.29 is 4.79 Å². The molecule has 0 atom stereocenters. The van der Waals surface area contributed by atoms with E-state index in [0.717, 1.165) is 0 Å². The van der Waals surface area contributed by atoms with Gasteiger partial charge < -0.3 is 0 Å². The Balaban J connectivity index is 2.89. The normalized spacial score (nSPS) is 17.5. The molecule has 0 aromatic rings. The Hall–Kier alpha value is -0.461. The summed E-state index contributed by atoms with van der Waals surface area (Å²) in [7, 11) is 0. The second-order valence-electron chi connectivity index (χ2n) is 1.45. The molecule has 0 saturated heterocycles. The molecular formula is C6H4OSe. The fraction of sp³-hybridized carbons (Fsp3) is 0. The van der Waals surface area contributed by atoms with Gasteiger partial charge in [0.2, 0.25) is 0 Å². The van der Waals surface area contributed by atoms with Crippen molar-refractivity contribution >= 4 is 25.8 Å². The summed E-state index contributed by atoms with van der Waals surface area (Å²) in [5.41, 5.74) is 0. The van der Waals surface area contributed by atoms with Crippen molar-refractivity contribution in [3.8, 4) is 0 Å². The summed E-state index contributed by atoms with van der Waals surface area (Å²) in [6, 6.07) is 0. The Morgan fingerprint density at radius 3 is 2.25 bits per heavy atom. The molecule has 40 valence electrons. The molecule has 1 aliphatic rings. The molecule has 0 unspecified atom stereocenters. The van der Waals surface area contributed by atoms with Gasteiger partial charge in [0.1, 0.15) is 0 Å². The van der Waals surface area contributed by atoms with E-state index in [0.29, 0.717) is 4.42 Å². The number of carbonyl (C=O) groups excluding carboxylic acids is 1.